The summed E-state index contributed by atoms with van der Waals surface area (Å²) in [6, 6.07) is 6.04. The second-order valence-electron chi connectivity index (χ2n) is 3.03. The SMILES string of the molecule is COCN1N=Nc2cc(C)cc1c2. The maximum atomic E-state index is 4.99. The average Bonchev–Trinajstić information content (AvgIpc) is 2.10. The Labute approximate surface area is 76.8 Å². The van der Waals surface area contributed by atoms with Crippen LogP contribution in [0, 0.1) is 6.92 Å². The topological polar surface area (TPSA) is 37.2 Å². The van der Waals surface area contributed by atoms with E-state index in [1.807, 2.05) is 19.1 Å². The zero-order chi connectivity index (χ0) is 9.26. The van der Waals surface area contributed by atoms with Gasteiger partial charge in [-0.1, -0.05) is 5.22 Å². The van der Waals surface area contributed by atoms with E-state index in [2.05, 4.69) is 16.4 Å². The summed E-state index contributed by atoms with van der Waals surface area (Å²) in [7, 11) is 1.64. The van der Waals surface area contributed by atoms with E-state index in [1.165, 1.54) is 5.56 Å². The van der Waals surface area contributed by atoms with Gasteiger partial charge in [0.05, 0.1) is 11.4 Å². The van der Waals surface area contributed by atoms with E-state index in [1.54, 1.807) is 12.1 Å². The summed E-state index contributed by atoms with van der Waals surface area (Å²) in [6.07, 6.45) is 0. The number of methoxy groups -OCH3 is 1. The molecule has 4 heteroatoms. The summed E-state index contributed by atoms with van der Waals surface area (Å²) < 4.78 is 4.99. The van der Waals surface area contributed by atoms with Gasteiger partial charge in [-0.15, -0.1) is 5.11 Å². The summed E-state index contributed by atoms with van der Waals surface area (Å²) in [5, 5.41) is 9.73. The van der Waals surface area contributed by atoms with Crippen LogP contribution in [0.25, 0.3) is 0 Å². The smallest absolute Gasteiger partial charge is 0.141 e. The Morgan fingerprint density at radius 2 is 2.23 bits per heavy atom. The lowest BCUT2D eigenvalue weighted by Crippen LogP contribution is -2.19. The second kappa shape index (κ2) is 3.14. The minimum atomic E-state index is 0.437. The van der Waals surface area contributed by atoms with Crippen molar-refractivity contribution in [2.45, 2.75) is 6.92 Å². The molecule has 0 aromatic heterocycles. The van der Waals surface area contributed by atoms with Crippen LogP contribution in [0.15, 0.2) is 28.5 Å². The number of anilines is 1. The van der Waals surface area contributed by atoms with E-state index < -0.39 is 0 Å². The third kappa shape index (κ3) is 1.53. The molecule has 4 nitrogen and oxygen atoms in total. The lowest BCUT2D eigenvalue weighted by Gasteiger charge is -2.20. The molecule has 2 bridgehead atoms. The normalized spacial score (nSPS) is 13.5. The summed E-state index contributed by atoms with van der Waals surface area (Å²) in [5.41, 5.74) is 3.13. The monoisotopic (exact) mass is 177 g/mol. The lowest BCUT2D eigenvalue weighted by atomic mass is 10.2. The van der Waals surface area contributed by atoms with Gasteiger partial charge in [-0.05, 0) is 30.7 Å². The van der Waals surface area contributed by atoms with Gasteiger partial charge < -0.3 is 4.74 Å². The van der Waals surface area contributed by atoms with Gasteiger partial charge >= 0.3 is 0 Å². The van der Waals surface area contributed by atoms with Crippen LogP contribution in [0.1, 0.15) is 5.56 Å². The van der Waals surface area contributed by atoms with Crippen LogP contribution in [-0.4, -0.2) is 13.8 Å². The molecular weight excluding hydrogens is 166 g/mol. The van der Waals surface area contributed by atoms with Gasteiger partial charge in [0, 0.05) is 7.11 Å². The van der Waals surface area contributed by atoms with E-state index in [0.717, 1.165) is 11.4 Å². The van der Waals surface area contributed by atoms with E-state index in [-0.39, 0.29) is 0 Å². The Hall–Kier alpha value is -1.42. The second-order valence-corrected chi connectivity index (χ2v) is 3.03. The van der Waals surface area contributed by atoms with Crippen molar-refractivity contribution in [2.75, 3.05) is 18.8 Å². The number of nitrogens with zero attached hydrogens (tertiary/aromatic N) is 3. The number of hydrogen-bond acceptors (Lipinski definition) is 4. The average molecular weight is 177 g/mol. The van der Waals surface area contributed by atoms with E-state index in [4.69, 9.17) is 4.74 Å². The molecule has 0 fully saturated rings. The number of fused-ring (bicyclic) bond motifs is 2. The molecule has 1 aliphatic heterocycles. The first-order valence-corrected chi connectivity index (χ1v) is 4.09. The number of rotatable bonds is 2. The van der Waals surface area contributed by atoms with Crippen molar-refractivity contribution in [3.05, 3.63) is 23.8 Å². The minimum absolute atomic E-state index is 0.437. The van der Waals surface area contributed by atoms with Crippen molar-refractivity contribution in [3.63, 3.8) is 0 Å². The molecule has 0 saturated heterocycles. The Balaban J connectivity index is 2.35. The van der Waals surface area contributed by atoms with Crippen LogP contribution >= 0.6 is 0 Å². The van der Waals surface area contributed by atoms with Crippen LogP contribution in [0.2, 0.25) is 0 Å². The molecule has 0 amide bonds. The van der Waals surface area contributed by atoms with Crippen molar-refractivity contribution in [1.82, 2.24) is 0 Å². The largest absolute Gasteiger partial charge is 0.362 e. The van der Waals surface area contributed by atoms with E-state index in [9.17, 15) is 0 Å². The maximum Gasteiger partial charge on any atom is 0.141 e. The highest BCUT2D eigenvalue weighted by Gasteiger charge is 2.10. The first-order valence-electron chi connectivity index (χ1n) is 4.09. The third-order valence-corrected chi connectivity index (χ3v) is 1.86. The van der Waals surface area contributed by atoms with Crippen LogP contribution in [-0.2, 0) is 4.74 Å². The quantitative estimate of drug-likeness (QED) is 0.695. The number of hydrogen-bond donors (Lipinski definition) is 0. The summed E-state index contributed by atoms with van der Waals surface area (Å²) >= 11 is 0. The number of aryl methyl sites for hydroxylation is 1. The van der Waals surface area contributed by atoms with E-state index in [0.29, 0.717) is 6.73 Å². The fourth-order valence-corrected chi connectivity index (χ4v) is 1.33. The molecule has 2 rings (SSSR count). The molecule has 0 aliphatic carbocycles. The van der Waals surface area contributed by atoms with Crippen molar-refractivity contribution in [2.24, 2.45) is 10.3 Å². The highest BCUT2D eigenvalue weighted by atomic mass is 16.5. The highest BCUT2D eigenvalue weighted by molar-refractivity contribution is 5.58. The molecule has 1 heterocycles. The zero-order valence-electron chi connectivity index (χ0n) is 7.69. The Bertz CT molecular complexity index is 349. The predicted molar refractivity (Wildman–Crippen MR) is 50.1 cm³/mol. The summed E-state index contributed by atoms with van der Waals surface area (Å²) in [6.45, 7) is 2.48. The maximum absolute atomic E-state index is 4.99. The van der Waals surface area contributed by atoms with Crippen molar-refractivity contribution < 1.29 is 4.74 Å². The molecule has 0 spiro atoms. The fraction of sp³-hybridized carbons (Fsp3) is 0.333. The summed E-state index contributed by atoms with van der Waals surface area (Å²) in [4.78, 5) is 0. The lowest BCUT2D eigenvalue weighted by molar-refractivity contribution is 0.196. The van der Waals surface area contributed by atoms with Crippen molar-refractivity contribution >= 4 is 11.4 Å². The first-order chi connectivity index (χ1) is 6.29. The molecular formula is C9H11N3O. The molecule has 0 saturated carbocycles. The molecule has 0 atom stereocenters. The van der Waals surface area contributed by atoms with Gasteiger partial charge in [0.1, 0.15) is 6.73 Å². The van der Waals surface area contributed by atoms with Gasteiger partial charge in [-0.2, -0.15) is 0 Å². The first kappa shape index (κ1) is 8.19. The standard InChI is InChI=1S/C9H11N3O/c1-7-3-8-5-9(4-7)12(6-13-2)11-10-8/h3-5H,6H2,1-2H3. The van der Waals surface area contributed by atoms with E-state index >= 15 is 0 Å². The highest BCUT2D eigenvalue weighted by Crippen LogP contribution is 2.29. The van der Waals surface area contributed by atoms with Crippen molar-refractivity contribution in [1.29, 1.82) is 0 Å². The molecule has 1 aromatic rings. The zero-order valence-corrected chi connectivity index (χ0v) is 7.69. The molecule has 13 heavy (non-hydrogen) atoms. The van der Waals surface area contributed by atoms with Crippen LogP contribution < -0.4 is 5.01 Å². The van der Waals surface area contributed by atoms with Gasteiger partial charge in [-0.25, -0.2) is 5.01 Å². The van der Waals surface area contributed by atoms with Crippen LogP contribution in [0.4, 0.5) is 11.4 Å². The molecule has 0 radical (unpaired) electrons. The Morgan fingerprint density at radius 1 is 1.38 bits per heavy atom. The molecule has 0 N–H and O–H groups in total. The van der Waals surface area contributed by atoms with Crippen LogP contribution in [0.3, 0.4) is 0 Å². The van der Waals surface area contributed by atoms with Gasteiger partial charge in [0.2, 0.25) is 0 Å². The molecule has 1 aliphatic rings. The van der Waals surface area contributed by atoms with Gasteiger partial charge in [0.25, 0.3) is 0 Å². The van der Waals surface area contributed by atoms with Gasteiger partial charge in [0.15, 0.2) is 0 Å². The molecule has 68 valence electrons. The Morgan fingerprint density at radius 3 is 3.00 bits per heavy atom. The fourth-order valence-electron chi connectivity index (χ4n) is 1.33. The number of benzene rings is 1. The number of ether oxygens (including phenoxy) is 1. The predicted octanol–water partition coefficient (Wildman–Crippen LogP) is 2.42. The van der Waals surface area contributed by atoms with Crippen molar-refractivity contribution in [3.8, 4) is 0 Å². The third-order valence-electron chi connectivity index (χ3n) is 1.86. The molecule has 0 unspecified atom stereocenters. The van der Waals surface area contributed by atoms with Gasteiger partial charge in [-0.3, -0.25) is 0 Å². The minimum Gasteiger partial charge on any atom is -0.362 e. The molecule has 1 aromatic carbocycles. The Kier molecular flexibility index (Phi) is 1.98. The summed E-state index contributed by atoms with van der Waals surface area (Å²) in [5.74, 6) is 0. The van der Waals surface area contributed by atoms with Crippen LogP contribution in [0.5, 0.6) is 0 Å².